The zero-order valence-corrected chi connectivity index (χ0v) is 17.2. The van der Waals surface area contributed by atoms with Gasteiger partial charge in [-0.2, -0.15) is 5.26 Å². The summed E-state index contributed by atoms with van der Waals surface area (Å²) < 4.78 is 5.22. The van der Waals surface area contributed by atoms with E-state index >= 15 is 0 Å². The molecule has 1 aromatic heterocycles. The van der Waals surface area contributed by atoms with Gasteiger partial charge in [-0.05, 0) is 32.0 Å². The van der Waals surface area contributed by atoms with Crippen LogP contribution in [0.25, 0.3) is 10.6 Å². The average Bonchev–Trinajstić information content (AvgIpc) is 3.19. The summed E-state index contributed by atoms with van der Waals surface area (Å²) in [7, 11) is 0. The smallest absolute Gasteiger partial charge is 0.358 e. The van der Waals surface area contributed by atoms with Crippen LogP contribution in [-0.4, -0.2) is 23.0 Å². The third-order valence-electron chi connectivity index (χ3n) is 4.02. The SMILES string of the molecule is Cc1ccc(-c2nc(C(=O)OC(C)C(=O)Nc3ccc(C#N)c(Cl)c3)cs2)cc1. The lowest BCUT2D eigenvalue weighted by Crippen LogP contribution is -2.30. The second-order valence-corrected chi connectivity index (χ2v) is 7.51. The molecule has 2 aromatic carbocycles. The predicted molar refractivity (Wildman–Crippen MR) is 112 cm³/mol. The largest absolute Gasteiger partial charge is 0.448 e. The predicted octanol–water partition coefficient (Wildman–Crippen LogP) is 4.83. The first-order valence-electron chi connectivity index (χ1n) is 8.61. The van der Waals surface area contributed by atoms with Crippen molar-refractivity contribution < 1.29 is 14.3 Å². The molecule has 146 valence electrons. The molecule has 0 spiro atoms. The first-order valence-corrected chi connectivity index (χ1v) is 9.87. The van der Waals surface area contributed by atoms with E-state index in [1.807, 2.05) is 37.3 Å². The number of halogens is 1. The van der Waals surface area contributed by atoms with Crippen LogP contribution in [0.15, 0.2) is 47.8 Å². The lowest BCUT2D eigenvalue weighted by Gasteiger charge is -2.13. The number of hydrogen-bond donors (Lipinski definition) is 1. The van der Waals surface area contributed by atoms with Gasteiger partial charge in [0.1, 0.15) is 11.1 Å². The summed E-state index contributed by atoms with van der Waals surface area (Å²) >= 11 is 7.28. The van der Waals surface area contributed by atoms with Gasteiger partial charge in [0.15, 0.2) is 11.8 Å². The van der Waals surface area contributed by atoms with Crippen molar-refractivity contribution in [2.75, 3.05) is 5.32 Å². The third kappa shape index (κ3) is 4.99. The van der Waals surface area contributed by atoms with Gasteiger partial charge in [-0.25, -0.2) is 9.78 Å². The number of nitrogens with one attached hydrogen (secondary N) is 1. The molecule has 1 amide bonds. The van der Waals surface area contributed by atoms with Crippen LogP contribution in [0, 0.1) is 18.3 Å². The number of nitrogens with zero attached hydrogens (tertiary/aromatic N) is 2. The van der Waals surface area contributed by atoms with Crippen LogP contribution in [0.1, 0.15) is 28.5 Å². The molecule has 29 heavy (non-hydrogen) atoms. The van der Waals surface area contributed by atoms with Gasteiger partial charge < -0.3 is 10.1 Å². The molecule has 0 saturated carbocycles. The van der Waals surface area contributed by atoms with Crippen molar-refractivity contribution in [3.05, 3.63) is 69.7 Å². The molecule has 0 aliphatic heterocycles. The molecule has 0 aliphatic rings. The van der Waals surface area contributed by atoms with Gasteiger partial charge in [0.05, 0.1) is 10.6 Å². The van der Waals surface area contributed by atoms with E-state index in [0.717, 1.165) is 11.1 Å². The van der Waals surface area contributed by atoms with Crippen molar-refractivity contribution >= 4 is 40.5 Å². The van der Waals surface area contributed by atoms with Crippen LogP contribution in [-0.2, 0) is 9.53 Å². The fraction of sp³-hybridized carbons (Fsp3) is 0.143. The zero-order valence-electron chi connectivity index (χ0n) is 15.6. The van der Waals surface area contributed by atoms with Crippen molar-refractivity contribution in [3.8, 4) is 16.6 Å². The minimum absolute atomic E-state index is 0.145. The van der Waals surface area contributed by atoms with Crippen LogP contribution in [0.3, 0.4) is 0 Å². The Labute approximate surface area is 176 Å². The van der Waals surface area contributed by atoms with Crippen molar-refractivity contribution in [2.24, 2.45) is 0 Å². The van der Waals surface area contributed by atoms with Crippen molar-refractivity contribution in [3.63, 3.8) is 0 Å². The van der Waals surface area contributed by atoms with Gasteiger partial charge in [0.25, 0.3) is 5.91 Å². The Morgan fingerprint density at radius 1 is 1.24 bits per heavy atom. The number of thiazole rings is 1. The van der Waals surface area contributed by atoms with E-state index in [1.165, 1.54) is 30.4 Å². The maximum atomic E-state index is 12.3. The summed E-state index contributed by atoms with van der Waals surface area (Å²) in [5.41, 5.74) is 2.89. The Morgan fingerprint density at radius 2 is 1.97 bits per heavy atom. The number of carbonyl (C=O) groups is 2. The summed E-state index contributed by atoms with van der Waals surface area (Å²) in [6.07, 6.45) is -1.04. The summed E-state index contributed by atoms with van der Waals surface area (Å²) in [5, 5.41) is 14.0. The van der Waals surface area contributed by atoms with Crippen molar-refractivity contribution in [1.82, 2.24) is 4.98 Å². The fourth-order valence-electron chi connectivity index (χ4n) is 2.40. The molecule has 8 heteroatoms. The number of aryl methyl sites for hydroxylation is 1. The number of carbonyl (C=O) groups excluding carboxylic acids is 2. The number of nitriles is 1. The van der Waals surface area contributed by atoms with Gasteiger partial charge >= 0.3 is 5.97 Å². The quantitative estimate of drug-likeness (QED) is 0.591. The van der Waals surface area contributed by atoms with E-state index in [0.29, 0.717) is 16.3 Å². The number of rotatable bonds is 5. The maximum absolute atomic E-state index is 12.3. The number of ether oxygens (including phenoxy) is 1. The number of benzene rings is 2. The number of aromatic nitrogens is 1. The van der Waals surface area contributed by atoms with E-state index < -0.39 is 18.0 Å². The molecule has 1 atom stereocenters. The third-order valence-corrected chi connectivity index (χ3v) is 5.23. The maximum Gasteiger partial charge on any atom is 0.358 e. The van der Waals surface area contributed by atoms with E-state index in [-0.39, 0.29) is 10.7 Å². The molecule has 6 nitrogen and oxygen atoms in total. The Kier molecular flexibility index (Phi) is 6.27. The number of anilines is 1. The molecule has 1 N–H and O–H groups in total. The van der Waals surface area contributed by atoms with Crippen molar-refractivity contribution in [2.45, 2.75) is 20.0 Å². The number of amides is 1. The van der Waals surface area contributed by atoms with Crippen LogP contribution < -0.4 is 5.32 Å². The molecule has 3 aromatic rings. The van der Waals surface area contributed by atoms with Crippen LogP contribution in [0.4, 0.5) is 5.69 Å². The second kappa shape index (κ2) is 8.86. The molecule has 0 bridgehead atoms. The molecule has 1 heterocycles. The fourth-order valence-corrected chi connectivity index (χ4v) is 3.42. The molecule has 0 aliphatic carbocycles. The Balaban J connectivity index is 1.63. The van der Waals surface area contributed by atoms with Gasteiger partial charge in [0, 0.05) is 16.6 Å². The summed E-state index contributed by atoms with van der Waals surface area (Å²) in [6.45, 7) is 3.46. The van der Waals surface area contributed by atoms with E-state index in [2.05, 4.69) is 10.3 Å². The van der Waals surface area contributed by atoms with Gasteiger partial charge in [0.2, 0.25) is 0 Å². The number of hydrogen-bond acceptors (Lipinski definition) is 6. The van der Waals surface area contributed by atoms with Crippen molar-refractivity contribution in [1.29, 1.82) is 5.26 Å². The number of esters is 1. The first kappa shape index (κ1) is 20.5. The lowest BCUT2D eigenvalue weighted by molar-refractivity contribution is -0.123. The normalized spacial score (nSPS) is 11.4. The minimum atomic E-state index is -1.04. The van der Waals surface area contributed by atoms with Crippen LogP contribution in [0.5, 0.6) is 0 Å². The van der Waals surface area contributed by atoms with Crippen LogP contribution in [0.2, 0.25) is 5.02 Å². The lowest BCUT2D eigenvalue weighted by atomic mass is 10.2. The average molecular weight is 426 g/mol. The van der Waals surface area contributed by atoms with Crippen LogP contribution >= 0.6 is 22.9 Å². The molecule has 0 fully saturated rings. The molecular formula is C21H16ClN3O3S. The Bertz CT molecular complexity index is 1100. The highest BCUT2D eigenvalue weighted by molar-refractivity contribution is 7.13. The highest BCUT2D eigenvalue weighted by Gasteiger charge is 2.21. The molecule has 3 rings (SSSR count). The summed E-state index contributed by atoms with van der Waals surface area (Å²) in [4.78, 5) is 28.9. The van der Waals surface area contributed by atoms with E-state index in [4.69, 9.17) is 21.6 Å². The van der Waals surface area contributed by atoms with E-state index in [9.17, 15) is 9.59 Å². The Morgan fingerprint density at radius 3 is 2.62 bits per heavy atom. The van der Waals surface area contributed by atoms with Gasteiger partial charge in [-0.15, -0.1) is 11.3 Å². The highest BCUT2D eigenvalue weighted by Crippen LogP contribution is 2.25. The summed E-state index contributed by atoms with van der Waals surface area (Å²) in [6, 6.07) is 14.2. The minimum Gasteiger partial charge on any atom is -0.448 e. The first-order chi connectivity index (χ1) is 13.9. The second-order valence-electron chi connectivity index (χ2n) is 6.25. The molecule has 0 saturated heterocycles. The van der Waals surface area contributed by atoms with Gasteiger partial charge in [-0.3, -0.25) is 4.79 Å². The highest BCUT2D eigenvalue weighted by atomic mass is 35.5. The van der Waals surface area contributed by atoms with E-state index in [1.54, 1.807) is 11.4 Å². The standard InChI is InChI=1S/C21H16ClN3O3S/c1-12-3-5-14(6-4-12)20-25-18(11-29-20)21(27)28-13(2)19(26)24-16-8-7-15(10-23)17(22)9-16/h3-9,11,13H,1-2H3,(H,24,26). The Hall–Kier alpha value is -3.21. The zero-order chi connectivity index (χ0) is 21.0. The summed E-state index contributed by atoms with van der Waals surface area (Å²) in [5.74, 6) is -1.20. The topological polar surface area (TPSA) is 92.1 Å². The molecule has 1 unspecified atom stereocenters. The van der Waals surface area contributed by atoms with Gasteiger partial charge in [-0.1, -0.05) is 41.4 Å². The monoisotopic (exact) mass is 425 g/mol. The molecule has 0 radical (unpaired) electrons. The molecular weight excluding hydrogens is 410 g/mol.